The number of anilines is 2. The molecule has 4 N–H and O–H groups in total. The van der Waals surface area contributed by atoms with E-state index in [0.29, 0.717) is 47.7 Å². The van der Waals surface area contributed by atoms with Gasteiger partial charge in [0.1, 0.15) is 11.5 Å². The number of hydrogen-bond donors (Lipinski definition) is 2. The van der Waals surface area contributed by atoms with Gasteiger partial charge in [-0.25, -0.2) is 14.4 Å². The highest BCUT2D eigenvalue weighted by Crippen LogP contribution is 2.19. The molecule has 0 amide bonds. The Morgan fingerprint density at radius 2 is 1.27 bits per heavy atom. The number of hydrogen-bond acceptors (Lipinski definition) is 9. The molecule has 9 nitrogen and oxygen atoms in total. The molecule has 3 aromatic rings. The van der Waals surface area contributed by atoms with Gasteiger partial charge in [-0.2, -0.15) is 0 Å². The molecule has 0 aliphatic carbocycles. The van der Waals surface area contributed by atoms with E-state index in [-0.39, 0.29) is 13.2 Å². The second-order valence-electron chi connectivity index (χ2n) is 9.27. The molecule has 3 rings (SSSR count). The van der Waals surface area contributed by atoms with Crippen molar-refractivity contribution in [3.05, 3.63) is 89.5 Å². The maximum absolute atomic E-state index is 12.3. The van der Waals surface area contributed by atoms with Gasteiger partial charge in [-0.3, -0.25) is 0 Å². The molecule has 0 radical (unpaired) electrons. The van der Waals surface area contributed by atoms with Crippen molar-refractivity contribution in [1.82, 2.24) is 0 Å². The maximum atomic E-state index is 12.3. The molecule has 3 aromatic carbocycles. The van der Waals surface area contributed by atoms with E-state index in [4.69, 9.17) is 30.4 Å². The Labute approximate surface area is 240 Å². The summed E-state index contributed by atoms with van der Waals surface area (Å²) >= 11 is 0. The fraction of sp³-hybridized carbons (Fsp3) is 0.281. The highest BCUT2D eigenvalue weighted by atomic mass is 16.5. The zero-order valence-corrected chi connectivity index (χ0v) is 23.2. The van der Waals surface area contributed by atoms with Crippen LogP contribution in [0.5, 0.6) is 11.5 Å². The smallest absolute Gasteiger partial charge is 0.338 e. The Bertz CT molecular complexity index is 1300. The molecule has 9 heteroatoms. The monoisotopic (exact) mass is 560 g/mol. The first kappa shape index (κ1) is 30.7. The third-order valence-corrected chi connectivity index (χ3v) is 5.84. The summed E-state index contributed by atoms with van der Waals surface area (Å²) in [4.78, 5) is 36.5. The van der Waals surface area contributed by atoms with Gasteiger partial charge >= 0.3 is 17.9 Å². The minimum atomic E-state index is -0.516. The zero-order chi connectivity index (χ0) is 29.5. The van der Waals surface area contributed by atoms with E-state index in [2.05, 4.69) is 6.92 Å². The first-order valence-corrected chi connectivity index (χ1v) is 13.6. The van der Waals surface area contributed by atoms with Crippen LogP contribution in [0, 0.1) is 0 Å². The Morgan fingerprint density at radius 3 is 1.88 bits per heavy atom. The Hall–Kier alpha value is -4.79. The molecule has 0 aromatic heterocycles. The lowest BCUT2D eigenvalue weighted by molar-refractivity contribution is -0.128. The summed E-state index contributed by atoms with van der Waals surface area (Å²) in [6, 6.07) is 18.2. The summed E-state index contributed by atoms with van der Waals surface area (Å²) in [6.07, 6.45) is 6.94. The molecular weight excluding hydrogens is 524 g/mol. The van der Waals surface area contributed by atoms with Crippen LogP contribution in [-0.4, -0.2) is 37.7 Å². The second-order valence-corrected chi connectivity index (χ2v) is 9.27. The Morgan fingerprint density at radius 1 is 0.683 bits per heavy atom. The first-order valence-electron chi connectivity index (χ1n) is 13.6. The minimum Gasteiger partial charge on any atom is -0.494 e. The molecule has 0 fully saturated rings. The van der Waals surface area contributed by atoms with Crippen molar-refractivity contribution >= 4 is 35.4 Å². The zero-order valence-electron chi connectivity index (χ0n) is 23.2. The van der Waals surface area contributed by atoms with Crippen molar-refractivity contribution in [1.29, 1.82) is 0 Å². The molecule has 0 aliphatic rings. The van der Waals surface area contributed by atoms with Crippen molar-refractivity contribution in [2.45, 2.75) is 39.0 Å². The third-order valence-electron chi connectivity index (χ3n) is 5.84. The van der Waals surface area contributed by atoms with Crippen LogP contribution in [0.3, 0.4) is 0 Å². The number of carbonyl (C=O) groups is 3. The largest absolute Gasteiger partial charge is 0.494 e. The van der Waals surface area contributed by atoms with Gasteiger partial charge < -0.3 is 30.4 Å². The maximum Gasteiger partial charge on any atom is 0.338 e. The van der Waals surface area contributed by atoms with Crippen LogP contribution in [0.1, 0.15) is 65.3 Å². The molecular formula is C32H36N2O7. The van der Waals surface area contributed by atoms with Crippen LogP contribution < -0.4 is 20.9 Å². The lowest BCUT2D eigenvalue weighted by Crippen LogP contribution is -2.09. The minimum absolute atomic E-state index is 0.240. The number of rotatable bonds is 15. The van der Waals surface area contributed by atoms with Gasteiger partial charge in [0.25, 0.3) is 0 Å². The molecule has 0 unspecified atom stereocenters. The molecule has 0 saturated carbocycles. The summed E-state index contributed by atoms with van der Waals surface area (Å²) in [5.74, 6) is -0.286. The molecule has 216 valence electrons. The van der Waals surface area contributed by atoms with Crippen molar-refractivity contribution in [3.63, 3.8) is 0 Å². The number of ether oxygens (including phenoxy) is 4. The van der Waals surface area contributed by atoms with E-state index in [1.54, 1.807) is 60.7 Å². The van der Waals surface area contributed by atoms with Crippen LogP contribution in [0.15, 0.2) is 72.8 Å². The van der Waals surface area contributed by atoms with Gasteiger partial charge in [0.2, 0.25) is 0 Å². The lowest BCUT2D eigenvalue weighted by Gasteiger charge is -2.07. The van der Waals surface area contributed by atoms with Crippen molar-refractivity contribution < 1.29 is 33.3 Å². The summed E-state index contributed by atoms with van der Waals surface area (Å²) in [5.41, 5.74) is 13.6. The fourth-order valence-electron chi connectivity index (χ4n) is 3.65. The lowest BCUT2D eigenvalue weighted by atomic mass is 10.1. The Kier molecular flexibility index (Phi) is 12.3. The van der Waals surface area contributed by atoms with Crippen LogP contribution in [-0.2, 0) is 14.3 Å². The van der Waals surface area contributed by atoms with Gasteiger partial charge in [-0.05, 0) is 91.9 Å². The quantitative estimate of drug-likeness (QED) is 0.0772. The molecule has 0 saturated heterocycles. The van der Waals surface area contributed by atoms with Gasteiger partial charge in [-0.15, -0.1) is 0 Å². The van der Waals surface area contributed by atoms with E-state index in [1.807, 2.05) is 0 Å². The van der Waals surface area contributed by atoms with E-state index in [1.165, 1.54) is 18.2 Å². The predicted molar refractivity (Wildman–Crippen MR) is 158 cm³/mol. The number of nitrogen functional groups attached to an aromatic ring is 2. The number of nitrogens with two attached hydrogens (primary N) is 2. The van der Waals surface area contributed by atoms with E-state index in [0.717, 1.165) is 30.6 Å². The number of esters is 3. The van der Waals surface area contributed by atoms with Crippen molar-refractivity contribution in [3.8, 4) is 11.5 Å². The van der Waals surface area contributed by atoms with Gasteiger partial charge in [-0.1, -0.05) is 25.5 Å². The van der Waals surface area contributed by atoms with Crippen LogP contribution in [0.4, 0.5) is 11.4 Å². The molecule has 0 atom stereocenters. The highest BCUT2D eigenvalue weighted by Gasteiger charge is 2.10. The summed E-state index contributed by atoms with van der Waals surface area (Å²) < 4.78 is 21.5. The summed E-state index contributed by atoms with van der Waals surface area (Å²) in [5, 5.41) is 0. The van der Waals surface area contributed by atoms with E-state index >= 15 is 0 Å². The van der Waals surface area contributed by atoms with Crippen molar-refractivity contribution in [2.24, 2.45) is 0 Å². The molecule has 0 spiro atoms. The molecule has 0 heterocycles. The van der Waals surface area contributed by atoms with E-state index in [9.17, 15) is 14.4 Å². The number of benzene rings is 3. The summed E-state index contributed by atoms with van der Waals surface area (Å²) in [6.45, 7) is 3.24. The Balaban J connectivity index is 1.31. The topological polar surface area (TPSA) is 140 Å². The summed E-state index contributed by atoms with van der Waals surface area (Å²) in [7, 11) is 0. The second kappa shape index (κ2) is 16.3. The average molecular weight is 561 g/mol. The number of carbonyl (C=O) groups excluding carboxylic acids is 3. The SMILES string of the molecule is CCCCOc1ccc(OC(=O)C=Cc2ccc(C(=O)OCCCCCOC(=O)c3cc(N)cc(N)c3)cc2)cc1. The first-order chi connectivity index (χ1) is 19.8. The number of unbranched alkanes of at least 4 members (excludes halogenated alkanes) is 3. The standard InChI is InChI=1S/C32H36N2O7/c1-2-3-17-38-28-12-14-29(15-13-28)41-30(35)16-9-23-7-10-24(11-8-23)31(36)39-18-5-4-6-19-40-32(37)25-20-26(33)22-27(34)21-25/h7-16,20-22H,2-6,17-19,33-34H2,1H3. The molecule has 0 bridgehead atoms. The van der Waals surface area contributed by atoms with Gasteiger partial charge in [0.15, 0.2) is 0 Å². The van der Waals surface area contributed by atoms with Gasteiger partial charge in [0.05, 0.1) is 30.9 Å². The average Bonchev–Trinajstić information content (AvgIpc) is 2.96. The van der Waals surface area contributed by atoms with E-state index < -0.39 is 17.9 Å². The third kappa shape index (κ3) is 11.1. The van der Waals surface area contributed by atoms with Crippen molar-refractivity contribution in [2.75, 3.05) is 31.3 Å². The van der Waals surface area contributed by atoms with Crippen LogP contribution in [0.25, 0.3) is 6.08 Å². The predicted octanol–water partition coefficient (Wildman–Crippen LogP) is 5.83. The van der Waals surface area contributed by atoms with Crippen LogP contribution >= 0.6 is 0 Å². The normalized spacial score (nSPS) is 10.8. The molecule has 0 aliphatic heterocycles. The highest BCUT2D eigenvalue weighted by molar-refractivity contribution is 5.92. The van der Waals surface area contributed by atoms with Crippen LogP contribution in [0.2, 0.25) is 0 Å². The van der Waals surface area contributed by atoms with Gasteiger partial charge in [0, 0.05) is 17.5 Å². The molecule has 41 heavy (non-hydrogen) atoms. The fourth-order valence-corrected chi connectivity index (χ4v) is 3.65.